The summed E-state index contributed by atoms with van der Waals surface area (Å²) in [6, 6.07) is 9.62. The molecule has 0 unspecified atom stereocenters. The fourth-order valence-electron chi connectivity index (χ4n) is 3.93. The maximum absolute atomic E-state index is 12.6. The van der Waals surface area contributed by atoms with E-state index in [-0.39, 0.29) is 17.4 Å². The van der Waals surface area contributed by atoms with E-state index in [0.717, 1.165) is 44.7 Å². The Labute approximate surface area is 143 Å². The third kappa shape index (κ3) is 3.90. The minimum Gasteiger partial charge on any atom is -0.493 e. The molecule has 0 spiro atoms. The van der Waals surface area contributed by atoms with Crippen LogP contribution in [0.4, 0.5) is 0 Å². The fourth-order valence-corrected chi connectivity index (χ4v) is 3.93. The van der Waals surface area contributed by atoms with Gasteiger partial charge >= 0.3 is 0 Å². The Bertz CT molecular complexity index is 531. The van der Waals surface area contributed by atoms with Crippen molar-refractivity contribution >= 4 is 5.91 Å². The molecular weight excluding hydrogens is 306 g/mol. The average Bonchev–Trinajstić information content (AvgIpc) is 2.62. The molecule has 1 aromatic carbocycles. The van der Waals surface area contributed by atoms with Gasteiger partial charge in [-0.2, -0.15) is 0 Å². The van der Waals surface area contributed by atoms with Gasteiger partial charge in [0.05, 0.1) is 25.7 Å². The number of likely N-dealkylation sites (tertiary alicyclic amines) is 1. The van der Waals surface area contributed by atoms with Gasteiger partial charge in [-0.1, -0.05) is 18.2 Å². The molecule has 0 radical (unpaired) electrons. The van der Waals surface area contributed by atoms with Crippen LogP contribution in [0.15, 0.2) is 30.3 Å². The number of fused-ring (bicyclic) bond motifs is 1. The summed E-state index contributed by atoms with van der Waals surface area (Å²) < 4.78 is 17.1. The van der Waals surface area contributed by atoms with E-state index < -0.39 is 0 Å². The second-order valence-electron chi connectivity index (χ2n) is 6.77. The highest BCUT2D eigenvalue weighted by atomic mass is 16.5. The average molecular weight is 333 g/mol. The molecule has 1 aromatic rings. The lowest BCUT2D eigenvalue weighted by Crippen LogP contribution is -2.58. The normalized spacial score (nSPS) is 26.7. The van der Waals surface area contributed by atoms with Crippen LogP contribution in [0.25, 0.3) is 0 Å². The summed E-state index contributed by atoms with van der Waals surface area (Å²) in [5.41, 5.74) is -0.0405. The van der Waals surface area contributed by atoms with Crippen LogP contribution in [0.2, 0.25) is 0 Å². The second-order valence-corrected chi connectivity index (χ2v) is 6.77. The second kappa shape index (κ2) is 7.99. The van der Waals surface area contributed by atoms with Crippen LogP contribution in [-0.2, 0) is 14.3 Å². The van der Waals surface area contributed by atoms with Crippen LogP contribution < -0.4 is 4.74 Å². The largest absolute Gasteiger partial charge is 0.493 e. The summed E-state index contributed by atoms with van der Waals surface area (Å²) in [5, 5.41) is 0. The van der Waals surface area contributed by atoms with Gasteiger partial charge in [0.2, 0.25) is 5.91 Å². The van der Waals surface area contributed by atoms with Crippen LogP contribution in [-0.4, -0.2) is 56.9 Å². The molecule has 24 heavy (non-hydrogen) atoms. The molecule has 5 heteroatoms. The molecule has 0 bridgehead atoms. The van der Waals surface area contributed by atoms with E-state index in [1.807, 2.05) is 35.2 Å². The number of ether oxygens (including phenoxy) is 3. The van der Waals surface area contributed by atoms with Crippen molar-refractivity contribution in [3.05, 3.63) is 30.3 Å². The van der Waals surface area contributed by atoms with Gasteiger partial charge in [0.15, 0.2) is 0 Å². The molecule has 2 atom stereocenters. The molecule has 2 aliphatic rings. The molecule has 0 aliphatic carbocycles. The Hall–Kier alpha value is -1.59. The topological polar surface area (TPSA) is 48.0 Å². The highest BCUT2D eigenvalue weighted by Gasteiger charge is 2.46. The SMILES string of the molecule is COC[C@@]12CCCO[C@@H]1CCN(C(=O)CCOc1ccccc1)C2. The summed E-state index contributed by atoms with van der Waals surface area (Å²) >= 11 is 0. The standard InChI is InChI=1S/C19H27NO4/c1-22-15-19-10-5-12-24-17(19)8-11-20(14-19)18(21)9-13-23-16-6-3-2-4-7-16/h2-4,6-7,17H,5,8-15H2,1H3/t17-,19+/m1/s1. The lowest BCUT2D eigenvalue weighted by molar-refractivity contribution is -0.162. The highest BCUT2D eigenvalue weighted by Crippen LogP contribution is 2.40. The highest BCUT2D eigenvalue weighted by molar-refractivity contribution is 5.76. The van der Waals surface area contributed by atoms with Crippen molar-refractivity contribution in [2.75, 3.05) is 40.0 Å². The van der Waals surface area contributed by atoms with Gasteiger partial charge in [-0.25, -0.2) is 0 Å². The van der Waals surface area contributed by atoms with E-state index in [1.165, 1.54) is 0 Å². The number of nitrogens with zero attached hydrogens (tertiary/aromatic N) is 1. The molecule has 0 N–H and O–H groups in total. The summed E-state index contributed by atoms with van der Waals surface area (Å²) in [7, 11) is 1.73. The predicted octanol–water partition coefficient (Wildman–Crippen LogP) is 2.50. The first-order valence-electron chi connectivity index (χ1n) is 8.80. The summed E-state index contributed by atoms with van der Waals surface area (Å²) in [5.74, 6) is 0.964. The molecule has 1 amide bonds. The molecule has 0 saturated carbocycles. The number of hydrogen-bond donors (Lipinski definition) is 0. The van der Waals surface area contributed by atoms with Crippen LogP contribution >= 0.6 is 0 Å². The molecule has 5 nitrogen and oxygen atoms in total. The zero-order valence-corrected chi connectivity index (χ0v) is 14.4. The zero-order valence-electron chi connectivity index (χ0n) is 14.4. The molecular formula is C19H27NO4. The molecule has 3 rings (SSSR count). The summed E-state index contributed by atoms with van der Waals surface area (Å²) in [6.07, 6.45) is 3.63. The number of carbonyl (C=O) groups excluding carboxylic acids is 1. The van der Waals surface area contributed by atoms with E-state index in [4.69, 9.17) is 14.2 Å². The first kappa shape index (κ1) is 17.2. The lowest BCUT2D eigenvalue weighted by Gasteiger charge is -2.50. The third-order valence-electron chi connectivity index (χ3n) is 5.10. The van der Waals surface area contributed by atoms with Crippen LogP contribution in [0.1, 0.15) is 25.7 Å². The van der Waals surface area contributed by atoms with Crippen molar-refractivity contribution in [1.29, 1.82) is 0 Å². The van der Waals surface area contributed by atoms with Crippen molar-refractivity contribution in [3.8, 4) is 5.75 Å². The molecule has 2 heterocycles. The predicted molar refractivity (Wildman–Crippen MR) is 91.0 cm³/mol. The molecule has 2 aliphatic heterocycles. The van der Waals surface area contributed by atoms with Crippen molar-refractivity contribution < 1.29 is 19.0 Å². The zero-order chi connectivity index (χ0) is 16.8. The Morgan fingerprint density at radius 1 is 1.38 bits per heavy atom. The van der Waals surface area contributed by atoms with E-state index in [1.54, 1.807) is 7.11 Å². The number of para-hydroxylation sites is 1. The quantitative estimate of drug-likeness (QED) is 0.802. The maximum atomic E-state index is 12.6. The maximum Gasteiger partial charge on any atom is 0.226 e. The summed E-state index contributed by atoms with van der Waals surface area (Å²) in [4.78, 5) is 14.5. The number of hydrogen-bond acceptors (Lipinski definition) is 4. The number of benzene rings is 1. The monoisotopic (exact) mass is 333 g/mol. The van der Waals surface area contributed by atoms with Crippen LogP contribution in [0.3, 0.4) is 0 Å². The molecule has 2 saturated heterocycles. The minimum absolute atomic E-state index is 0.0405. The van der Waals surface area contributed by atoms with Crippen molar-refractivity contribution in [1.82, 2.24) is 4.90 Å². The van der Waals surface area contributed by atoms with Crippen molar-refractivity contribution in [3.63, 3.8) is 0 Å². The van der Waals surface area contributed by atoms with Gasteiger partial charge in [0, 0.05) is 32.2 Å². The molecule has 132 valence electrons. The van der Waals surface area contributed by atoms with Gasteiger partial charge in [-0.05, 0) is 31.4 Å². The van der Waals surface area contributed by atoms with E-state index in [0.29, 0.717) is 19.6 Å². The van der Waals surface area contributed by atoms with Gasteiger partial charge < -0.3 is 19.1 Å². The third-order valence-corrected chi connectivity index (χ3v) is 5.10. The van der Waals surface area contributed by atoms with Crippen LogP contribution in [0.5, 0.6) is 5.75 Å². The molecule has 2 fully saturated rings. The Balaban J connectivity index is 1.53. The van der Waals surface area contributed by atoms with Gasteiger partial charge in [0.25, 0.3) is 0 Å². The first-order chi connectivity index (χ1) is 11.7. The number of piperidine rings is 1. The molecule has 0 aromatic heterocycles. The summed E-state index contributed by atoms with van der Waals surface area (Å²) in [6.45, 7) is 3.39. The van der Waals surface area contributed by atoms with E-state index in [9.17, 15) is 4.79 Å². The van der Waals surface area contributed by atoms with Crippen LogP contribution in [0, 0.1) is 5.41 Å². The van der Waals surface area contributed by atoms with Gasteiger partial charge in [-0.3, -0.25) is 4.79 Å². The van der Waals surface area contributed by atoms with Gasteiger partial charge in [-0.15, -0.1) is 0 Å². The smallest absolute Gasteiger partial charge is 0.226 e. The van der Waals surface area contributed by atoms with E-state index >= 15 is 0 Å². The number of carbonyl (C=O) groups is 1. The number of methoxy groups -OCH3 is 1. The van der Waals surface area contributed by atoms with Crippen molar-refractivity contribution in [2.45, 2.75) is 31.8 Å². The minimum atomic E-state index is -0.0405. The van der Waals surface area contributed by atoms with Gasteiger partial charge in [0.1, 0.15) is 5.75 Å². The Morgan fingerprint density at radius 2 is 2.21 bits per heavy atom. The number of rotatable bonds is 6. The lowest BCUT2D eigenvalue weighted by atomic mass is 9.73. The van der Waals surface area contributed by atoms with E-state index in [2.05, 4.69) is 0 Å². The van der Waals surface area contributed by atoms with Crippen molar-refractivity contribution in [2.24, 2.45) is 5.41 Å². The fraction of sp³-hybridized carbons (Fsp3) is 0.632. The Kier molecular flexibility index (Phi) is 5.74. The Morgan fingerprint density at radius 3 is 3.00 bits per heavy atom. The number of amides is 1. The first-order valence-corrected chi connectivity index (χ1v) is 8.80.